The van der Waals surface area contributed by atoms with Crippen LogP contribution in [0.3, 0.4) is 0 Å². The van der Waals surface area contributed by atoms with E-state index < -0.39 is 28.5 Å². The zero-order valence-corrected chi connectivity index (χ0v) is 13.6. The topological polar surface area (TPSA) is 166 Å². The molecule has 0 amide bonds. The molecule has 10 nitrogen and oxygen atoms in total. The predicted molar refractivity (Wildman–Crippen MR) is 85.6 cm³/mol. The molecule has 1 heterocycles. The number of benzene rings is 1. The Kier molecular flexibility index (Phi) is 5.51. The number of fused-ring (bicyclic) bond motifs is 1. The second kappa shape index (κ2) is 7.42. The fourth-order valence-electron chi connectivity index (χ4n) is 2.14. The van der Waals surface area contributed by atoms with Crippen molar-refractivity contribution < 1.29 is 33.3 Å². The number of pyridine rings is 1. The Morgan fingerprint density at radius 2 is 1.84 bits per heavy atom. The number of rotatable bonds is 8. The summed E-state index contributed by atoms with van der Waals surface area (Å²) in [5, 5.41) is 30.2. The van der Waals surface area contributed by atoms with Gasteiger partial charge in [0, 0.05) is 23.7 Å². The molecule has 1 aromatic heterocycles. The van der Waals surface area contributed by atoms with Crippen molar-refractivity contribution in [2.45, 2.75) is 11.4 Å². The summed E-state index contributed by atoms with van der Waals surface area (Å²) >= 11 is 0. The fraction of sp³-hybridized carbons (Fsp3) is 0.214. The van der Waals surface area contributed by atoms with Crippen molar-refractivity contribution in [3.05, 3.63) is 30.0 Å². The van der Waals surface area contributed by atoms with E-state index in [4.69, 9.17) is 10.2 Å². The van der Waals surface area contributed by atoms with Gasteiger partial charge in [-0.2, -0.15) is 4.72 Å². The number of hydrogen-bond acceptors (Lipinski definition) is 7. The number of aliphatic carboxylic acids is 2. The van der Waals surface area contributed by atoms with Gasteiger partial charge in [0.2, 0.25) is 10.0 Å². The van der Waals surface area contributed by atoms with Crippen molar-refractivity contribution in [1.29, 1.82) is 0 Å². The molecular formula is C14H15N3O7S. The summed E-state index contributed by atoms with van der Waals surface area (Å²) in [7, 11) is -4.19. The van der Waals surface area contributed by atoms with Gasteiger partial charge in [-0.1, -0.05) is 0 Å². The minimum absolute atomic E-state index is 0.00725. The Morgan fingerprint density at radius 1 is 1.16 bits per heavy atom. The van der Waals surface area contributed by atoms with Gasteiger partial charge in [-0.3, -0.25) is 14.6 Å². The van der Waals surface area contributed by atoms with Gasteiger partial charge in [-0.05, 0) is 18.2 Å². The SMILES string of the molecule is O=C(O)CNCc1cc(S(=O)(=O)NCC(=O)O)c2cccnc2c1O. The van der Waals surface area contributed by atoms with E-state index in [9.17, 15) is 23.1 Å². The Bertz CT molecular complexity index is 927. The van der Waals surface area contributed by atoms with Gasteiger partial charge in [0.1, 0.15) is 17.8 Å². The van der Waals surface area contributed by atoms with Gasteiger partial charge in [0.05, 0.1) is 11.4 Å². The molecule has 0 radical (unpaired) electrons. The number of sulfonamides is 1. The van der Waals surface area contributed by atoms with E-state index >= 15 is 0 Å². The molecule has 0 fully saturated rings. The molecule has 2 aromatic rings. The zero-order valence-electron chi connectivity index (χ0n) is 12.8. The van der Waals surface area contributed by atoms with Gasteiger partial charge < -0.3 is 20.6 Å². The van der Waals surface area contributed by atoms with Crippen molar-refractivity contribution in [1.82, 2.24) is 15.0 Å². The number of hydrogen-bond donors (Lipinski definition) is 5. The van der Waals surface area contributed by atoms with Crippen LogP contribution in [-0.2, 0) is 26.2 Å². The molecule has 0 atom stereocenters. The summed E-state index contributed by atoms with van der Waals surface area (Å²) in [6.07, 6.45) is 1.36. The summed E-state index contributed by atoms with van der Waals surface area (Å²) in [5.74, 6) is -2.76. The molecule has 0 saturated carbocycles. The van der Waals surface area contributed by atoms with Crippen molar-refractivity contribution in [3.8, 4) is 5.75 Å². The highest BCUT2D eigenvalue weighted by Gasteiger charge is 2.22. The molecule has 0 aliphatic rings. The van der Waals surface area contributed by atoms with Crippen LogP contribution in [0.4, 0.5) is 0 Å². The third-order valence-corrected chi connectivity index (χ3v) is 4.64. The number of carboxylic acids is 2. The third kappa shape index (κ3) is 4.41. The van der Waals surface area contributed by atoms with Crippen molar-refractivity contribution in [3.63, 3.8) is 0 Å². The molecule has 1 aromatic carbocycles. The molecule has 11 heteroatoms. The first-order valence-corrected chi connectivity index (χ1v) is 8.44. The first-order valence-electron chi connectivity index (χ1n) is 6.96. The number of phenols is 1. The number of aromatic hydroxyl groups is 1. The highest BCUT2D eigenvalue weighted by Crippen LogP contribution is 2.32. The highest BCUT2D eigenvalue weighted by atomic mass is 32.2. The average Bonchev–Trinajstić information content (AvgIpc) is 2.55. The number of carboxylic acid groups (broad SMARTS) is 2. The Morgan fingerprint density at radius 3 is 2.48 bits per heavy atom. The molecular weight excluding hydrogens is 354 g/mol. The Hall–Kier alpha value is -2.76. The molecule has 134 valence electrons. The molecule has 0 unspecified atom stereocenters. The van der Waals surface area contributed by atoms with Crippen LogP contribution < -0.4 is 10.0 Å². The highest BCUT2D eigenvalue weighted by molar-refractivity contribution is 7.89. The van der Waals surface area contributed by atoms with Crippen molar-refractivity contribution >= 4 is 32.9 Å². The maximum Gasteiger partial charge on any atom is 0.318 e. The van der Waals surface area contributed by atoms with E-state index in [2.05, 4.69) is 10.3 Å². The molecule has 25 heavy (non-hydrogen) atoms. The van der Waals surface area contributed by atoms with E-state index in [1.165, 1.54) is 18.3 Å². The molecule has 5 N–H and O–H groups in total. The zero-order chi connectivity index (χ0) is 18.6. The lowest BCUT2D eigenvalue weighted by Gasteiger charge is -2.13. The van der Waals surface area contributed by atoms with Crippen LogP contribution in [0.5, 0.6) is 5.75 Å². The van der Waals surface area contributed by atoms with Crippen LogP contribution in [0.2, 0.25) is 0 Å². The van der Waals surface area contributed by atoms with Crippen LogP contribution in [0.15, 0.2) is 29.3 Å². The van der Waals surface area contributed by atoms with E-state index in [-0.39, 0.29) is 40.2 Å². The molecule has 0 saturated heterocycles. The lowest BCUT2D eigenvalue weighted by atomic mass is 10.1. The minimum atomic E-state index is -4.19. The van der Waals surface area contributed by atoms with E-state index in [1.807, 2.05) is 4.72 Å². The van der Waals surface area contributed by atoms with Crippen LogP contribution in [0.25, 0.3) is 10.9 Å². The van der Waals surface area contributed by atoms with Crippen LogP contribution in [0, 0.1) is 0 Å². The summed E-state index contributed by atoms with van der Waals surface area (Å²) < 4.78 is 26.7. The van der Waals surface area contributed by atoms with Gasteiger partial charge in [0.25, 0.3) is 0 Å². The number of phenolic OH excluding ortho intramolecular Hbond substituents is 1. The minimum Gasteiger partial charge on any atom is -0.505 e. The quantitative estimate of drug-likeness (QED) is 0.411. The van der Waals surface area contributed by atoms with E-state index in [0.717, 1.165) is 6.07 Å². The maximum absolute atomic E-state index is 12.4. The van der Waals surface area contributed by atoms with Gasteiger partial charge >= 0.3 is 11.9 Å². The van der Waals surface area contributed by atoms with Gasteiger partial charge in [0.15, 0.2) is 0 Å². The number of nitrogens with zero attached hydrogens (tertiary/aromatic N) is 1. The van der Waals surface area contributed by atoms with Crippen LogP contribution in [-0.4, -0.2) is 53.7 Å². The Labute approximate surface area is 142 Å². The van der Waals surface area contributed by atoms with Crippen LogP contribution >= 0.6 is 0 Å². The smallest absolute Gasteiger partial charge is 0.318 e. The van der Waals surface area contributed by atoms with E-state index in [1.54, 1.807) is 0 Å². The molecule has 0 aliphatic carbocycles. The molecule has 0 bridgehead atoms. The average molecular weight is 369 g/mol. The largest absolute Gasteiger partial charge is 0.505 e. The van der Waals surface area contributed by atoms with Crippen molar-refractivity contribution in [2.75, 3.05) is 13.1 Å². The van der Waals surface area contributed by atoms with Crippen molar-refractivity contribution in [2.24, 2.45) is 0 Å². The van der Waals surface area contributed by atoms with Crippen LogP contribution in [0.1, 0.15) is 5.56 Å². The Balaban J connectivity index is 2.52. The first-order chi connectivity index (χ1) is 11.7. The standard InChI is InChI=1S/C14H15N3O7S/c18-11(19)6-15-5-8-4-10(25(23,24)17-7-12(20)21)9-2-1-3-16-13(9)14(8)22/h1-4,15,17,22H,5-7H2,(H,18,19)(H,20,21). The fourth-order valence-corrected chi connectivity index (χ4v) is 3.37. The molecule has 2 rings (SSSR count). The monoisotopic (exact) mass is 369 g/mol. The summed E-state index contributed by atoms with van der Waals surface area (Å²) in [6, 6.07) is 4.05. The number of nitrogens with one attached hydrogen (secondary N) is 2. The third-order valence-electron chi connectivity index (χ3n) is 3.20. The van der Waals surface area contributed by atoms with Gasteiger partial charge in [-0.15, -0.1) is 0 Å². The second-order valence-corrected chi connectivity index (χ2v) is 6.73. The summed E-state index contributed by atoms with van der Waals surface area (Å²) in [5.41, 5.74) is 0.121. The molecule has 0 aliphatic heterocycles. The number of carbonyl (C=O) groups is 2. The lowest BCUT2D eigenvalue weighted by Crippen LogP contribution is -2.29. The van der Waals surface area contributed by atoms with E-state index in [0.29, 0.717) is 0 Å². The lowest BCUT2D eigenvalue weighted by molar-refractivity contribution is -0.136. The normalized spacial score (nSPS) is 11.5. The second-order valence-electron chi connectivity index (χ2n) is 5.00. The predicted octanol–water partition coefficient (Wildman–Crippen LogP) is -0.522. The molecule has 0 spiro atoms. The summed E-state index contributed by atoms with van der Waals surface area (Å²) in [4.78, 5) is 24.9. The summed E-state index contributed by atoms with van der Waals surface area (Å²) in [6.45, 7) is -1.32. The van der Waals surface area contributed by atoms with Gasteiger partial charge in [-0.25, -0.2) is 8.42 Å². The maximum atomic E-state index is 12.4. The first kappa shape index (κ1) is 18.6. The number of aromatic nitrogens is 1.